The van der Waals surface area contributed by atoms with Crippen molar-refractivity contribution >= 4 is 13.6 Å². The van der Waals surface area contributed by atoms with Crippen LogP contribution in [-0.4, -0.2) is 52.6 Å². The third kappa shape index (κ3) is 7.49. The molecule has 0 rings (SSSR count). The van der Waals surface area contributed by atoms with Gasteiger partial charge in [-0.05, 0) is 13.8 Å². The predicted molar refractivity (Wildman–Crippen MR) is 64.4 cm³/mol. The monoisotopic (exact) mass is 268 g/mol. The fraction of sp³-hybridized carbons (Fsp3) is 0.900. The zero-order chi connectivity index (χ0) is 13.3. The number of esters is 1. The Labute approximate surface area is 103 Å². The molecule has 0 aromatic rings. The van der Waals surface area contributed by atoms with Crippen LogP contribution in [0.1, 0.15) is 13.8 Å². The average Bonchev–Trinajstić information content (AvgIpc) is 2.27. The van der Waals surface area contributed by atoms with Crippen LogP contribution in [0, 0.1) is 0 Å². The van der Waals surface area contributed by atoms with Gasteiger partial charge in [-0.15, -0.1) is 0 Å². The van der Waals surface area contributed by atoms with Crippen molar-refractivity contribution in [2.24, 2.45) is 0 Å². The van der Waals surface area contributed by atoms with Crippen LogP contribution in [0.3, 0.4) is 0 Å². The molecule has 0 radical (unpaired) electrons. The highest BCUT2D eigenvalue weighted by atomic mass is 31.2. The maximum Gasteiger partial charge on any atom is 0.361 e. The zero-order valence-corrected chi connectivity index (χ0v) is 11.9. The van der Waals surface area contributed by atoms with E-state index in [2.05, 4.69) is 4.74 Å². The number of hydrogen-bond donors (Lipinski definition) is 1. The summed E-state index contributed by atoms with van der Waals surface area (Å²) in [5.41, 5.74) is 0. The van der Waals surface area contributed by atoms with Crippen molar-refractivity contribution < 1.29 is 28.0 Å². The highest BCUT2D eigenvalue weighted by molar-refractivity contribution is 7.53. The minimum absolute atomic E-state index is 0.245. The number of nitrogens with one attached hydrogen (secondary N) is 1. The molecule has 0 saturated carbocycles. The molecule has 1 unspecified atom stereocenters. The first-order valence-corrected chi connectivity index (χ1v) is 7.46. The van der Waals surface area contributed by atoms with Crippen LogP contribution >= 0.6 is 7.60 Å². The van der Waals surface area contributed by atoms with E-state index in [0.717, 1.165) is 4.90 Å². The molecule has 6 nitrogen and oxygen atoms in total. The molecule has 0 aliphatic carbocycles. The van der Waals surface area contributed by atoms with Gasteiger partial charge in [-0.25, -0.2) is 4.79 Å². The van der Waals surface area contributed by atoms with Gasteiger partial charge in [0.2, 0.25) is 0 Å². The van der Waals surface area contributed by atoms with Gasteiger partial charge in [0, 0.05) is 0 Å². The number of hydrogen-bond acceptors (Lipinski definition) is 5. The smallest absolute Gasteiger partial charge is 0.361 e. The van der Waals surface area contributed by atoms with E-state index in [0.29, 0.717) is 25.9 Å². The summed E-state index contributed by atoms with van der Waals surface area (Å²) in [5.74, 6) is -0.287. The Kier molecular flexibility index (Phi) is 8.43. The number of carbonyl (C=O) groups is 1. The molecule has 7 heteroatoms. The summed E-state index contributed by atoms with van der Waals surface area (Å²) in [6.07, 6.45) is 0.303. The van der Waals surface area contributed by atoms with E-state index in [1.807, 2.05) is 7.05 Å². The molecule has 0 fully saturated rings. The first-order valence-electron chi connectivity index (χ1n) is 5.73. The molecule has 102 valence electrons. The van der Waals surface area contributed by atoms with Crippen molar-refractivity contribution in [3.63, 3.8) is 0 Å². The van der Waals surface area contributed by atoms with Gasteiger partial charge in [0.25, 0.3) is 0 Å². The van der Waals surface area contributed by atoms with Crippen molar-refractivity contribution in [1.82, 2.24) is 0 Å². The van der Waals surface area contributed by atoms with Crippen molar-refractivity contribution in [2.75, 3.05) is 46.6 Å². The summed E-state index contributed by atoms with van der Waals surface area (Å²) in [6.45, 7) is 5.04. The Morgan fingerprint density at radius 3 is 2.18 bits per heavy atom. The van der Waals surface area contributed by atoms with Gasteiger partial charge < -0.3 is 18.7 Å². The lowest BCUT2D eigenvalue weighted by Gasteiger charge is -2.19. The first-order chi connectivity index (χ1) is 7.97. The minimum atomic E-state index is -3.00. The van der Waals surface area contributed by atoms with Crippen LogP contribution in [0.2, 0.25) is 0 Å². The zero-order valence-electron chi connectivity index (χ0n) is 11.0. The van der Waals surface area contributed by atoms with Gasteiger partial charge in [0.05, 0.1) is 40.1 Å². The van der Waals surface area contributed by atoms with E-state index in [1.165, 1.54) is 7.11 Å². The summed E-state index contributed by atoms with van der Waals surface area (Å²) in [6, 6.07) is 0. The Hall–Kier alpha value is -0.420. The van der Waals surface area contributed by atoms with Crippen LogP contribution in [0.25, 0.3) is 0 Å². The molecule has 0 saturated heterocycles. The first kappa shape index (κ1) is 16.6. The lowest BCUT2D eigenvalue weighted by Crippen LogP contribution is -3.10. The molecule has 0 aromatic carbocycles. The van der Waals surface area contributed by atoms with E-state index in [-0.39, 0.29) is 12.5 Å². The molecule has 0 heterocycles. The van der Waals surface area contributed by atoms with Crippen LogP contribution < -0.4 is 4.90 Å². The van der Waals surface area contributed by atoms with E-state index in [1.54, 1.807) is 13.8 Å². The second-order valence-electron chi connectivity index (χ2n) is 3.63. The van der Waals surface area contributed by atoms with E-state index in [9.17, 15) is 9.36 Å². The Bertz CT molecular complexity index is 261. The molecule has 17 heavy (non-hydrogen) atoms. The number of ether oxygens (including phenoxy) is 1. The quantitative estimate of drug-likeness (QED) is 0.469. The van der Waals surface area contributed by atoms with E-state index >= 15 is 0 Å². The van der Waals surface area contributed by atoms with E-state index in [4.69, 9.17) is 9.05 Å². The van der Waals surface area contributed by atoms with Crippen LogP contribution in [0.15, 0.2) is 0 Å². The lowest BCUT2D eigenvalue weighted by molar-refractivity contribution is -0.869. The normalized spacial score (nSPS) is 13.4. The minimum Gasteiger partial charge on any atom is -0.465 e. The second kappa shape index (κ2) is 8.64. The third-order valence-electron chi connectivity index (χ3n) is 2.14. The standard InChI is InChI=1S/C10H22NO5P/c1-5-15-17(13,16-6-2)8-7-11(3)9-10(12)14-4/h5-9H2,1-4H3/p+1. The van der Waals surface area contributed by atoms with Crippen molar-refractivity contribution in [2.45, 2.75) is 13.8 Å². The molecule has 0 aliphatic heterocycles. The van der Waals surface area contributed by atoms with Crippen molar-refractivity contribution in [1.29, 1.82) is 0 Å². The Morgan fingerprint density at radius 2 is 1.76 bits per heavy atom. The molecule has 1 atom stereocenters. The third-order valence-corrected chi connectivity index (χ3v) is 4.21. The van der Waals surface area contributed by atoms with Crippen molar-refractivity contribution in [3.8, 4) is 0 Å². The maximum atomic E-state index is 12.1. The summed E-state index contributed by atoms with van der Waals surface area (Å²) >= 11 is 0. The summed E-state index contributed by atoms with van der Waals surface area (Å²) in [5, 5.41) is 0. The van der Waals surface area contributed by atoms with Gasteiger partial charge in [-0.1, -0.05) is 0 Å². The topological polar surface area (TPSA) is 66.3 Å². The molecule has 0 amide bonds. The van der Waals surface area contributed by atoms with Gasteiger partial charge in [-0.3, -0.25) is 4.57 Å². The van der Waals surface area contributed by atoms with Crippen LogP contribution in [0.4, 0.5) is 0 Å². The second-order valence-corrected chi connectivity index (χ2v) is 5.82. The maximum absolute atomic E-state index is 12.1. The molecular formula is C10H23NO5P+. The Balaban J connectivity index is 4.12. The lowest BCUT2D eigenvalue weighted by atomic mass is 10.5. The SMILES string of the molecule is CCOP(=O)(CC[NH+](C)CC(=O)OC)OCC. The summed E-state index contributed by atoms with van der Waals surface area (Å²) < 4.78 is 27.0. The van der Waals surface area contributed by atoms with Gasteiger partial charge in [0.1, 0.15) is 0 Å². The molecule has 0 bridgehead atoms. The van der Waals surface area contributed by atoms with Crippen molar-refractivity contribution in [3.05, 3.63) is 0 Å². The Morgan fingerprint density at radius 1 is 1.24 bits per heavy atom. The largest absolute Gasteiger partial charge is 0.465 e. The summed E-state index contributed by atoms with van der Waals surface area (Å²) in [4.78, 5) is 11.9. The predicted octanol–water partition coefficient (Wildman–Crippen LogP) is -0.0598. The number of methoxy groups -OCH3 is 1. The average molecular weight is 268 g/mol. The van der Waals surface area contributed by atoms with Crippen LogP contribution in [0.5, 0.6) is 0 Å². The number of likely N-dealkylation sites (N-methyl/N-ethyl adjacent to an activating group) is 1. The summed E-state index contributed by atoms with van der Waals surface area (Å²) in [7, 11) is 0.183. The van der Waals surface area contributed by atoms with Crippen LogP contribution in [-0.2, 0) is 23.1 Å². The number of carbonyl (C=O) groups excluding carboxylic acids is 1. The molecule has 1 N–H and O–H groups in total. The fourth-order valence-corrected chi connectivity index (χ4v) is 3.07. The van der Waals surface area contributed by atoms with E-state index < -0.39 is 7.60 Å². The molecule has 0 aliphatic rings. The fourth-order valence-electron chi connectivity index (χ4n) is 1.29. The highest BCUT2D eigenvalue weighted by Gasteiger charge is 2.25. The molecule has 0 spiro atoms. The molecular weight excluding hydrogens is 245 g/mol. The van der Waals surface area contributed by atoms with Gasteiger partial charge >= 0.3 is 13.6 Å². The van der Waals surface area contributed by atoms with Gasteiger partial charge in [-0.2, -0.15) is 0 Å². The highest BCUT2D eigenvalue weighted by Crippen LogP contribution is 2.46. The molecule has 0 aromatic heterocycles. The van der Waals surface area contributed by atoms with Gasteiger partial charge in [0.15, 0.2) is 6.54 Å². The number of quaternary nitrogens is 1. The number of rotatable bonds is 9.